The molecule has 0 aliphatic heterocycles. The third-order valence-corrected chi connectivity index (χ3v) is 0. The second kappa shape index (κ2) is 9.52. The first-order chi connectivity index (χ1) is 3.41. The minimum Gasteiger partial charge on any atom is 2.00 e. The summed E-state index contributed by atoms with van der Waals surface area (Å²) in [5.41, 5.74) is 0. The molecule has 0 aromatic heterocycles. The molecule has 0 aliphatic rings. The van der Waals surface area contributed by atoms with Gasteiger partial charge in [0.25, 0.3) is 0 Å². The SMILES string of the molecule is O=[Te]=O.[O]=[Mo](=[O])([O-])[O-].[Pb+2]. The molecular formula is MoO6PbTe. The molecule has 0 aromatic carbocycles. The van der Waals surface area contributed by atoms with Crippen LogP contribution in [0.2, 0.25) is 0 Å². The van der Waals surface area contributed by atoms with Crippen molar-refractivity contribution < 1.29 is 37.3 Å². The van der Waals surface area contributed by atoms with Gasteiger partial charge < -0.3 is 0 Å². The largest absolute Gasteiger partial charge is 2.00 e. The van der Waals surface area contributed by atoms with Crippen LogP contribution >= 0.6 is 0 Å². The molecule has 52 valence electrons. The van der Waals surface area contributed by atoms with E-state index in [0.29, 0.717) is 0 Å². The van der Waals surface area contributed by atoms with Crippen LogP contribution in [0.5, 0.6) is 0 Å². The van der Waals surface area contributed by atoms with E-state index in [4.69, 9.17) is 20.5 Å². The van der Waals surface area contributed by atoms with E-state index in [-0.39, 0.29) is 27.3 Å². The fraction of sp³-hybridized carbons (Fsp3) is 0. The standard InChI is InChI=1S/Mo.O2Te.4O.Pb/c;1-3-2;;;;;/q;;;;2*-1;+2. The van der Waals surface area contributed by atoms with E-state index < -0.39 is 37.6 Å². The summed E-state index contributed by atoms with van der Waals surface area (Å²) in [6, 6.07) is 0. The Morgan fingerprint density at radius 2 is 1.11 bits per heavy atom. The summed E-state index contributed by atoms with van der Waals surface area (Å²) in [6.07, 6.45) is 0. The molecule has 0 rings (SSSR count). The van der Waals surface area contributed by atoms with Gasteiger partial charge in [-0.15, -0.1) is 0 Å². The fourth-order valence-electron chi connectivity index (χ4n) is 0. The van der Waals surface area contributed by atoms with Crippen molar-refractivity contribution in [3.8, 4) is 0 Å². The van der Waals surface area contributed by atoms with Gasteiger partial charge in [-0.25, -0.2) is 0 Å². The van der Waals surface area contributed by atoms with Gasteiger partial charge >= 0.3 is 85.5 Å². The Morgan fingerprint density at radius 1 is 1.11 bits per heavy atom. The van der Waals surface area contributed by atoms with Gasteiger partial charge in [-0.3, -0.25) is 0 Å². The summed E-state index contributed by atoms with van der Waals surface area (Å²) in [5.74, 6) is 0. The molecule has 0 heterocycles. The van der Waals surface area contributed by atoms with Crippen molar-refractivity contribution in [2.45, 2.75) is 0 Å². The average molecular weight is 527 g/mol. The molecular weight excluding hydrogens is 527 g/mol. The first-order valence-electron chi connectivity index (χ1n) is 1.00. The van der Waals surface area contributed by atoms with Gasteiger partial charge in [0.1, 0.15) is 0 Å². The van der Waals surface area contributed by atoms with E-state index in [1.165, 1.54) is 0 Å². The van der Waals surface area contributed by atoms with Gasteiger partial charge in [0.2, 0.25) is 0 Å². The molecule has 2 radical (unpaired) electrons. The Bertz CT molecular complexity index is 153. The molecule has 6 nitrogen and oxygen atoms in total. The van der Waals surface area contributed by atoms with Crippen LogP contribution in [0.15, 0.2) is 0 Å². The summed E-state index contributed by atoms with van der Waals surface area (Å²) in [7, 11) is 0. The number of hydrogen-bond donors (Lipinski definition) is 0. The summed E-state index contributed by atoms with van der Waals surface area (Å²) >= 11 is -8.05. The molecule has 0 atom stereocenters. The van der Waals surface area contributed by atoms with Crippen molar-refractivity contribution in [2.24, 2.45) is 0 Å². The molecule has 9 heavy (non-hydrogen) atoms. The van der Waals surface area contributed by atoms with Crippen LogP contribution in [0, 0.1) is 0 Å². The predicted molar refractivity (Wildman–Crippen MR) is 14.3 cm³/mol. The van der Waals surface area contributed by atoms with E-state index in [0.717, 1.165) is 0 Å². The third-order valence-electron chi connectivity index (χ3n) is 0. The first-order valence-corrected chi connectivity index (χ1v) is 6.18. The normalized spacial score (nSPS) is 7.78. The number of hydrogen-bond acceptors (Lipinski definition) is 6. The number of rotatable bonds is 0. The first kappa shape index (κ1) is 16.9. The molecule has 9 heteroatoms. The van der Waals surface area contributed by atoms with Gasteiger partial charge in [0.05, 0.1) is 0 Å². The molecule has 0 amide bonds. The van der Waals surface area contributed by atoms with E-state index in [1.54, 1.807) is 0 Å². The molecule has 0 aromatic rings. The fourth-order valence-corrected chi connectivity index (χ4v) is 0. The maximum absolute atomic E-state index is 8.63. The molecule has 0 fully saturated rings. The van der Waals surface area contributed by atoms with Gasteiger partial charge in [0.15, 0.2) is 0 Å². The Morgan fingerprint density at radius 3 is 1.11 bits per heavy atom. The van der Waals surface area contributed by atoms with E-state index in [1.807, 2.05) is 0 Å². The van der Waals surface area contributed by atoms with Gasteiger partial charge in [-0.1, -0.05) is 0 Å². The van der Waals surface area contributed by atoms with Crippen molar-refractivity contribution in [2.75, 3.05) is 0 Å². The van der Waals surface area contributed by atoms with Crippen LogP contribution in [0.3, 0.4) is 0 Å². The zero-order chi connectivity index (χ0) is 7.21. The maximum Gasteiger partial charge on any atom is 2.00 e. The molecule has 0 N–H and O–H groups in total. The van der Waals surface area contributed by atoms with Gasteiger partial charge in [0, 0.05) is 0 Å². The Labute approximate surface area is 84.3 Å². The third kappa shape index (κ3) is 233. The topological polar surface area (TPSA) is 114 Å². The maximum atomic E-state index is 8.63. The van der Waals surface area contributed by atoms with E-state index in [2.05, 4.69) is 0 Å². The summed E-state index contributed by atoms with van der Waals surface area (Å²) in [4.78, 5) is 0. The van der Waals surface area contributed by atoms with Gasteiger partial charge in [-0.05, 0) is 0 Å². The van der Waals surface area contributed by atoms with Crippen LogP contribution in [0.4, 0.5) is 0 Å². The summed E-state index contributed by atoms with van der Waals surface area (Å²) < 4.78 is 51.5. The van der Waals surface area contributed by atoms with Crippen molar-refractivity contribution in [1.82, 2.24) is 0 Å². The average Bonchev–Trinajstić information content (AvgIpc) is 1.27. The van der Waals surface area contributed by atoms with Crippen molar-refractivity contribution in [1.29, 1.82) is 0 Å². The minimum absolute atomic E-state index is 0. The zero-order valence-corrected chi connectivity index (χ0v) is 12.0. The summed E-state index contributed by atoms with van der Waals surface area (Å²) in [6.45, 7) is 0. The Kier molecular flexibility index (Phi) is 17.8. The van der Waals surface area contributed by atoms with Crippen LogP contribution in [-0.4, -0.2) is 48.2 Å². The minimum atomic E-state index is -6.02. The predicted octanol–water partition coefficient (Wildman–Crippen LogP) is -3.62. The quantitative estimate of drug-likeness (QED) is 0.301. The Hall–Kier alpha value is 1.52. The molecule has 0 bridgehead atoms. The second-order valence-corrected chi connectivity index (χ2v) is 2.87. The second-order valence-electron chi connectivity index (χ2n) is 0.476. The van der Waals surface area contributed by atoms with Crippen LogP contribution in [0.25, 0.3) is 0 Å². The monoisotopic (exact) mass is 532 g/mol. The molecule has 0 spiro atoms. The Balaban J connectivity index is -0.0000000800. The van der Waals surface area contributed by atoms with Crippen molar-refractivity contribution in [3.63, 3.8) is 0 Å². The van der Waals surface area contributed by atoms with Crippen LogP contribution < -0.4 is 7.52 Å². The van der Waals surface area contributed by atoms with Crippen molar-refractivity contribution >= 4 is 48.2 Å². The van der Waals surface area contributed by atoms with Crippen molar-refractivity contribution in [3.05, 3.63) is 0 Å². The molecule has 0 aliphatic carbocycles. The van der Waals surface area contributed by atoms with Gasteiger partial charge in [-0.2, -0.15) is 0 Å². The zero-order valence-electron chi connectivity index (χ0n) is 3.77. The van der Waals surface area contributed by atoms with E-state index >= 15 is 0 Å². The molecule has 0 saturated heterocycles. The van der Waals surface area contributed by atoms with E-state index in [9.17, 15) is 0 Å². The smallest absolute Gasteiger partial charge is 2.00 e. The molecule has 0 unspecified atom stereocenters. The molecule has 0 saturated carbocycles. The summed E-state index contributed by atoms with van der Waals surface area (Å²) in [5, 5.41) is 0. The van der Waals surface area contributed by atoms with Crippen LogP contribution in [0.1, 0.15) is 0 Å². The van der Waals surface area contributed by atoms with Crippen LogP contribution in [-0.2, 0) is 29.8 Å².